The first-order valence-electron chi connectivity index (χ1n) is 23.8. The molecule has 0 aliphatic heterocycles. The first-order chi connectivity index (χ1) is 27.0. The summed E-state index contributed by atoms with van der Waals surface area (Å²) >= 11 is 0. The van der Waals surface area contributed by atoms with E-state index >= 15 is 0 Å². The average Bonchev–Trinajstić information content (AvgIpc) is 3.18. The maximum atomic E-state index is 12.5. The van der Waals surface area contributed by atoms with Crippen LogP contribution in [0.15, 0.2) is 24.3 Å². The minimum absolute atomic E-state index is 0.0693. The predicted molar refractivity (Wildman–Crippen MR) is 233 cm³/mol. The van der Waals surface area contributed by atoms with E-state index in [4.69, 9.17) is 14.2 Å². The number of rotatable bonds is 43. The third kappa shape index (κ3) is 42.9. The van der Waals surface area contributed by atoms with Crippen molar-refractivity contribution in [2.45, 2.75) is 258 Å². The maximum Gasteiger partial charge on any atom is 0.306 e. The van der Waals surface area contributed by atoms with E-state index in [1.165, 1.54) is 141 Å². The summed E-state index contributed by atoms with van der Waals surface area (Å²) in [7, 11) is 0. The third-order valence-electron chi connectivity index (χ3n) is 10.5. The Labute approximate surface area is 341 Å². The SMILES string of the molecule is CCCCCCC/C=C\C/C=C\CCCCCCCCCCCCCCCC(=O)OCC(COC(=O)CCCCCCC)OC(=O)CCCCCCCCC. The molecule has 0 aromatic carbocycles. The van der Waals surface area contributed by atoms with Gasteiger partial charge in [0.2, 0.25) is 0 Å². The van der Waals surface area contributed by atoms with Crippen LogP contribution in [0.1, 0.15) is 252 Å². The second-order valence-electron chi connectivity index (χ2n) is 16.0. The predicted octanol–water partition coefficient (Wildman–Crippen LogP) is 15.2. The fourth-order valence-electron chi connectivity index (χ4n) is 6.82. The largest absolute Gasteiger partial charge is 0.462 e. The van der Waals surface area contributed by atoms with Gasteiger partial charge in [-0.25, -0.2) is 0 Å². The molecular formula is C49H90O6. The highest BCUT2D eigenvalue weighted by Crippen LogP contribution is 2.15. The van der Waals surface area contributed by atoms with Crippen LogP contribution in [0, 0.1) is 0 Å². The highest BCUT2D eigenvalue weighted by molar-refractivity contribution is 5.71. The van der Waals surface area contributed by atoms with Crippen LogP contribution in [0.2, 0.25) is 0 Å². The van der Waals surface area contributed by atoms with Crippen LogP contribution in [0.4, 0.5) is 0 Å². The van der Waals surface area contributed by atoms with E-state index in [0.717, 1.165) is 70.6 Å². The Hall–Kier alpha value is -2.11. The number of esters is 3. The van der Waals surface area contributed by atoms with Gasteiger partial charge in [-0.05, 0) is 51.4 Å². The summed E-state index contributed by atoms with van der Waals surface area (Å²) < 4.78 is 16.5. The first-order valence-corrected chi connectivity index (χ1v) is 23.8. The van der Waals surface area contributed by atoms with Gasteiger partial charge in [0.15, 0.2) is 6.10 Å². The molecule has 0 N–H and O–H groups in total. The minimum Gasteiger partial charge on any atom is -0.462 e. The summed E-state index contributed by atoms with van der Waals surface area (Å²) in [6, 6.07) is 0. The highest BCUT2D eigenvalue weighted by Gasteiger charge is 2.19. The lowest BCUT2D eigenvalue weighted by Gasteiger charge is -2.18. The molecule has 0 aromatic rings. The van der Waals surface area contributed by atoms with Crippen molar-refractivity contribution in [3.8, 4) is 0 Å². The van der Waals surface area contributed by atoms with Gasteiger partial charge in [-0.3, -0.25) is 14.4 Å². The Kier molecular flexibility index (Phi) is 42.9. The van der Waals surface area contributed by atoms with Crippen LogP contribution in [0.3, 0.4) is 0 Å². The number of carbonyl (C=O) groups is 3. The van der Waals surface area contributed by atoms with Crippen LogP contribution in [0.25, 0.3) is 0 Å². The summed E-state index contributed by atoms with van der Waals surface area (Å²) in [5.74, 6) is -0.886. The molecule has 1 unspecified atom stereocenters. The quantitative estimate of drug-likeness (QED) is 0.0266. The summed E-state index contributed by atoms with van der Waals surface area (Å²) in [4.78, 5) is 37.3. The first kappa shape index (κ1) is 52.9. The summed E-state index contributed by atoms with van der Waals surface area (Å²) in [5, 5.41) is 0. The van der Waals surface area contributed by atoms with Gasteiger partial charge in [-0.1, -0.05) is 206 Å². The molecule has 0 aliphatic rings. The van der Waals surface area contributed by atoms with Gasteiger partial charge >= 0.3 is 17.9 Å². The monoisotopic (exact) mass is 775 g/mol. The molecule has 0 aliphatic carbocycles. The van der Waals surface area contributed by atoms with Gasteiger partial charge in [0.05, 0.1) is 0 Å². The van der Waals surface area contributed by atoms with Crippen LogP contribution in [-0.2, 0) is 28.6 Å². The van der Waals surface area contributed by atoms with Crippen molar-refractivity contribution in [2.75, 3.05) is 13.2 Å². The van der Waals surface area contributed by atoms with Crippen molar-refractivity contribution in [3.05, 3.63) is 24.3 Å². The molecule has 0 aromatic heterocycles. The molecule has 0 radical (unpaired) electrons. The van der Waals surface area contributed by atoms with Crippen LogP contribution < -0.4 is 0 Å². The zero-order chi connectivity index (χ0) is 40.1. The molecule has 0 bridgehead atoms. The van der Waals surface area contributed by atoms with E-state index in [-0.39, 0.29) is 31.1 Å². The lowest BCUT2D eigenvalue weighted by Crippen LogP contribution is -2.30. The van der Waals surface area contributed by atoms with Crippen molar-refractivity contribution in [3.63, 3.8) is 0 Å². The van der Waals surface area contributed by atoms with Crippen molar-refractivity contribution in [1.82, 2.24) is 0 Å². The van der Waals surface area contributed by atoms with Crippen molar-refractivity contribution in [1.29, 1.82) is 0 Å². The molecular weight excluding hydrogens is 685 g/mol. The lowest BCUT2D eigenvalue weighted by atomic mass is 10.0. The normalized spacial score (nSPS) is 12.1. The molecule has 322 valence electrons. The van der Waals surface area contributed by atoms with E-state index in [1.54, 1.807) is 0 Å². The summed E-state index contributed by atoms with van der Waals surface area (Å²) in [6.45, 7) is 6.50. The Morgan fingerprint density at radius 1 is 0.364 bits per heavy atom. The number of carbonyl (C=O) groups excluding carboxylic acids is 3. The van der Waals surface area contributed by atoms with E-state index in [0.29, 0.717) is 19.3 Å². The third-order valence-corrected chi connectivity index (χ3v) is 10.5. The topological polar surface area (TPSA) is 78.9 Å². The molecule has 0 fully saturated rings. The molecule has 55 heavy (non-hydrogen) atoms. The van der Waals surface area contributed by atoms with E-state index in [9.17, 15) is 14.4 Å². The average molecular weight is 775 g/mol. The Morgan fingerprint density at radius 2 is 0.655 bits per heavy atom. The molecule has 0 spiro atoms. The molecule has 6 nitrogen and oxygen atoms in total. The van der Waals surface area contributed by atoms with Crippen molar-refractivity contribution < 1.29 is 28.6 Å². The molecule has 0 heterocycles. The number of unbranched alkanes of at least 4 members (excludes halogenated alkanes) is 28. The maximum absolute atomic E-state index is 12.5. The van der Waals surface area contributed by atoms with Crippen LogP contribution in [0.5, 0.6) is 0 Å². The summed E-state index contributed by atoms with van der Waals surface area (Å²) in [5.41, 5.74) is 0. The van der Waals surface area contributed by atoms with Crippen molar-refractivity contribution in [2.24, 2.45) is 0 Å². The van der Waals surface area contributed by atoms with Crippen LogP contribution in [-0.4, -0.2) is 37.2 Å². The Balaban J connectivity index is 3.93. The minimum atomic E-state index is -0.760. The van der Waals surface area contributed by atoms with E-state index in [1.807, 2.05) is 0 Å². The van der Waals surface area contributed by atoms with Gasteiger partial charge < -0.3 is 14.2 Å². The molecule has 0 amide bonds. The smallest absolute Gasteiger partial charge is 0.306 e. The zero-order valence-electron chi connectivity index (χ0n) is 36.7. The number of allylic oxidation sites excluding steroid dienone is 4. The molecule has 0 saturated carbocycles. The van der Waals surface area contributed by atoms with Crippen molar-refractivity contribution >= 4 is 17.9 Å². The number of ether oxygens (including phenoxy) is 3. The summed E-state index contributed by atoms with van der Waals surface area (Å²) in [6.07, 6.45) is 49.4. The molecule has 0 saturated heterocycles. The fraction of sp³-hybridized carbons (Fsp3) is 0.857. The van der Waals surface area contributed by atoms with Crippen LogP contribution >= 0.6 is 0 Å². The Morgan fingerprint density at radius 3 is 1.00 bits per heavy atom. The van der Waals surface area contributed by atoms with Gasteiger partial charge in [-0.2, -0.15) is 0 Å². The number of hydrogen-bond acceptors (Lipinski definition) is 6. The standard InChI is InChI=1S/C49H90O6/c1-4-7-10-13-15-16-17-18-19-20-21-22-23-24-25-26-27-28-29-30-31-32-34-36-39-42-48(51)54-45-46(44-53-47(50)41-38-35-12-9-6-3)55-49(52)43-40-37-33-14-11-8-5-2/h17-18,20-21,46H,4-16,19,22-45H2,1-3H3/b18-17-,21-20-. The second-order valence-corrected chi connectivity index (χ2v) is 16.0. The zero-order valence-corrected chi connectivity index (χ0v) is 36.7. The van der Waals surface area contributed by atoms with Gasteiger partial charge in [0.25, 0.3) is 0 Å². The molecule has 1 atom stereocenters. The van der Waals surface area contributed by atoms with Gasteiger partial charge in [-0.15, -0.1) is 0 Å². The fourth-order valence-corrected chi connectivity index (χ4v) is 6.82. The lowest BCUT2D eigenvalue weighted by molar-refractivity contribution is -0.167. The Bertz CT molecular complexity index is 896. The highest BCUT2D eigenvalue weighted by atomic mass is 16.6. The molecule has 6 heteroatoms. The van der Waals surface area contributed by atoms with Gasteiger partial charge in [0, 0.05) is 19.3 Å². The van der Waals surface area contributed by atoms with Gasteiger partial charge in [0.1, 0.15) is 13.2 Å². The van der Waals surface area contributed by atoms with E-state index in [2.05, 4.69) is 45.1 Å². The van der Waals surface area contributed by atoms with E-state index < -0.39 is 6.10 Å². The number of hydrogen-bond donors (Lipinski definition) is 0. The molecule has 0 rings (SSSR count). The second kappa shape index (κ2) is 44.6.